The molecule has 106 valence electrons. The van der Waals surface area contributed by atoms with Gasteiger partial charge < -0.3 is 15.2 Å². The SMILES string of the molecule is CCc1cc(CN)cc(OCc2ccc(OC)cc2)n1. The summed E-state index contributed by atoms with van der Waals surface area (Å²) in [7, 11) is 1.65. The average molecular weight is 272 g/mol. The molecule has 1 heterocycles. The molecule has 0 saturated heterocycles. The number of aromatic nitrogens is 1. The molecule has 0 atom stereocenters. The summed E-state index contributed by atoms with van der Waals surface area (Å²) in [6.07, 6.45) is 0.868. The minimum Gasteiger partial charge on any atom is -0.497 e. The minimum atomic E-state index is 0.480. The van der Waals surface area contributed by atoms with Gasteiger partial charge in [-0.3, -0.25) is 0 Å². The Morgan fingerprint density at radius 2 is 1.85 bits per heavy atom. The Hall–Kier alpha value is -2.07. The van der Waals surface area contributed by atoms with Crippen LogP contribution in [0.4, 0.5) is 0 Å². The van der Waals surface area contributed by atoms with Crippen LogP contribution in [0.25, 0.3) is 0 Å². The molecular formula is C16H20N2O2. The van der Waals surface area contributed by atoms with Crippen LogP contribution in [-0.2, 0) is 19.6 Å². The lowest BCUT2D eigenvalue weighted by Gasteiger charge is -2.09. The standard InChI is InChI=1S/C16H20N2O2/c1-3-14-8-13(10-17)9-16(18-14)20-11-12-4-6-15(19-2)7-5-12/h4-9H,3,10-11,17H2,1-2H3. The molecule has 0 radical (unpaired) electrons. The van der Waals surface area contributed by atoms with Crippen LogP contribution in [0.15, 0.2) is 36.4 Å². The van der Waals surface area contributed by atoms with Gasteiger partial charge in [0, 0.05) is 18.3 Å². The van der Waals surface area contributed by atoms with E-state index in [0.717, 1.165) is 29.0 Å². The second kappa shape index (κ2) is 6.91. The largest absolute Gasteiger partial charge is 0.497 e. The summed E-state index contributed by atoms with van der Waals surface area (Å²) < 4.78 is 10.9. The van der Waals surface area contributed by atoms with Gasteiger partial charge in [0.2, 0.25) is 5.88 Å². The highest BCUT2D eigenvalue weighted by molar-refractivity contribution is 5.28. The van der Waals surface area contributed by atoms with Crippen molar-refractivity contribution in [2.24, 2.45) is 5.73 Å². The van der Waals surface area contributed by atoms with Crippen LogP contribution in [0.5, 0.6) is 11.6 Å². The molecule has 4 heteroatoms. The summed E-state index contributed by atoms with van der Waals surface area (Å²) in [5, 5.41) is 0. The van der Waals surface area contributed by atoms with Crippen LogP contribution in [-0.4, -0.2) is 12.1 Å². The summed E-state index contributed by atoms with van der Waals surface area (Å²) in [5.74, 6) is 1.46. The lowest BCUT2D eigenvalue weighted by molar-refractivity contribution is 0.292. The molecule has 0 amide bonds. The van der Waals surface area contributed by atoms with Crippen LogP contribution in [0.3, 0.4) is 0 Å². The topological polar surface area (TPSA) is 57.4 Å². The highest BCUT2D eigenvalue weighted by atomic mass is 16.5. The fraction of sp³-hybridized carbons (Fsp3) is 0.312. The monoisotopic (exact) mass is 272 g/mol. The minimum absolute atomic E-state index is 0.480. The Labute approximate surface area is 119 Å². The summed E-state index contributed by atoms with van der Waals surface area (Å²) in [6, 6.07) is 11.7. The number of methoxy groups -OCH3 is 1. The molecule has 0 spiro atoms. The molecule has 4 nitrogen and oxygen atoms in total. The van der Waals surface area contributed by atoms with E-state index >= 15 is 0 Å². The smallest absolute Gasteiger partial charge is 0.214 e. The first-order chi connectivity index (χ1) is 9.75. The van der Waals surface area contributed by atoms with E-state index in [9.17, 15) is 0 Å². The van der Waals surface area contributed by atoms with Crippen molar-refractivity contribution < 1.29 is 9.47 Å². The predicted octanol–water partition coefficient (Wildman–Crippen LogP) is 2.69. The molecule has 2 N–H and O–H groups in total. The molecule has 20 heavy (non-hydrogen) atoms. The Balaban J connectivity index is 2.05. The second-order valence-corrected chi connectivity index (χ2v) is 4.50. The maximum atomic E-state index is 5.74. The Morgan fingerprint density at radius 3 is 2.45 bits per heavy atom. The van der Waals surface area contributed by atoms with E-state index in [1.807, 2.05) is 36.4 Å². The molecule has 2 aromatic rings. The van der Waals surface area contributed by atoms with Gasteiger partial charge in [0.05, 0.1) is 7.11 Å². The normalized spacial score (nSPS) is 10.3. The van der Waals surface area contributed by atoms with Crippen molar-refractivity contribution in [2.75, 3.05) is 7.11 Å². The molecule has 2 rings (SSSR count). The molecule has 0 fully saturated rings. The zero-order chi connectivity index (χ0) is 14.4. The summed E-state index contributed by atoms with van der Waals surface area (Å²) >= 11 is 0. The van der Waals surface area contributed by atoms with Crippen molar-refractivity contribution in [1.82, 2.24) is 4.98 Å². The zero-order valence-electron chi connectivity index (χ0n) is 11.9. The molecule has 1 aromatic heterocycles. The van der Waals surface area contributed by atoms with E-state index in [-0.39, 0.29) is 0 Å². The predicted molar refractivity (Wildman–Crippen MR) is 78.8 cm³/mol. The maximum Gasteiger partial charge on any atom is 0.214 e. The van der Waals surface area contributed by atoms with Crippen LogP contribution in [0, 0.1) is 0 Å². The van der Waals surface area contributed by atoms with E-state index in [2.05, 4.69) is 11.9 Å². The first-order valence-electron chi connectivity index (χ1n) is 6.70. The Bertz CT molecular complexity index is 531. The van der Waals surface area contributed by atoms with Gasteiger partial charge >= 0.3 is 0 Å². The van der Waals surface area contributed by atoms with E-state index in [1.165, 1.54) is 0 Å². The molecule has 0 bridgehead atoms. The zero-order valence-corrected chi connectivity index (χ0v) is 11.9. The molecule has 0 unspecified atom stereocenters. The highest BCUT2D eigenvalue weighted by Gasteiger charge is 2.03. The van der Waals surface area contributed by atoms with Crippen molar-refractivity contribution in [1.29, 1.82) is 0 Å². The Morgan fingerprint density at radius 1 is 1.10 bits per heavy atom. The van der Waals surface area contributed by atoms with Crippen molar-refractivity contribution in [2.45, 2.75) is 26.5 Å². The van der Waals surface area contributed by atoms with Gasteiger partial charge in [-0.2, -0.15) is 0 Å². The number of rotatable bonds is 6. The van der Waals surface area contributed by atoms with E-state index in [1.54, 1.807) is 7.11 Å². The molecular weight excluding hydrogens is 252 g/mol. The third kappa shape index (κ3) is 3.71. The third-order valence-corrected chi connectivity index (χ3v) is 3.06. The van der Waals surface area contributed by atoms with Crippen LogP contribution in [0.2, 0.25) is 0 Å². The first kappa shape index (κ1) is 14.3. The van der Waals surface area contributed by atoms with E-state index in [0.29, 0.717) is 19.0 Å². The quantitative estimate of drug-likeness (QED) is 0.878. The molecule has 1 aromatic carbocycles. The van der Waals surface area contributed by atoms with E-state index in [4.69, 9.17) is 15.2 Å². The van der Waals surface area contributed by atoms with Crippen molar-refractivity contribution in [3.05, 3.63) is 53.2 Å². The number of hydrogen-bond donors (Lipinski definition) is 1. The van der Waals surface area contributed by atoms with Gasteiger partial charge in [0.1, 0.15) is 12.4 Å². The number of aryl methyl sites for hydroxylation is 1. The van der Waals surface area contributed by atoms with Gasteiger partial charge in [-0.05, 0) is 35.7 Å². The average Bonchev–Trinajstić information content (AvgIpc) is 2.53. The fourth-order valence-corrected chi connectivity index (χ4v) is 1.87. The molecule has 0 aliphatic rings. The van der Waals surface area contributed by atoms with Crippen LogP contribution >= 0.6 is 0 Å². The van der Waals surface area contributed by atoms with Gasteiger partial charge in [0.15, 0.2) is 0 Å². The van der Waals surface area contributed by atoms with Crippen LogP contribution in [0.1, 0.15) is 23.7 Å². The molecule has 0 aliphatic carbocycles. The van der Waals surface area contributed by atoms with Crippen LogP contribution < -0.4 is 15.2 Å². The fourth-order valence-electron chi connectivity index (χ4n) is 1.87. The third-order valence-electron chi connectivity index (χ3n) is 3.06. The lowest BCUT2D eigenvalue weighted by atomic mass is 10.2. The van der Waals surface area contributed by atoms with E-state index < -0.39 is 0 Å². The number of nitrogens with zero attached hydrogens (tertiary/aromatic N) is 1. The highest BCUT2D eigenvalue weighted by Crippen LogP contribution is 2.16. The second-order valence-electron chi connectivity index (χ2n) is 4.50. The van der Waals surface area contributed by atoms with Gasteiger partial charge in [-0.15, -0.1) is 0 Å². The molecule has 0 aliphatic heterocycles. The summed E-state index contributed by atoms with van der Waals surface area (Å²) in [4.78, 5) is 4.45. The van der Waals surface area contributed by atoms with Crippen molar-refractivity contribution >= 4 is 0 Å². The molecule has 0 saturated carbocycles. The van der Waals surface area contributed by atoms with Gasteiger partial charge in [0.25, 0.3) is 0 Å². The summed E-state index contributed by atoms with van der Waals surface area (Å²) in [6.45, 7) is 3.04. The number of pyridine rings is 1. The number of hydrogen-bond acceptors (Lipinski definition) is 4. The maximum absolute atomic E-state index is 5.74. The number of nitrogens with two attached hydrogens (primary N) is 1. The number of ether oxygens (including phenoxy) is 2. The van der Waals surface area contributed by atoms with Crippen molar-refractivity contribution in [3.63, 3.8) is 0 Å². The first-order valence-corrected chi connectivity index (χ1v) is 6.70. The van der Waals surface area contributed by atoms with Crippen molar-refractivity contribution in [3.8, 4) is 11.6 Å². The Kier molecular flexibility index (Phi) is 4.96. The lowest BCUT2D eigenvalue weighted by Crippen LogP contribution is -2.03. The number of benzene rings is 1. The summed E-state index contributed by atoms with van der Waals surface area (Å²) in [5.41, 5.74) is 8.80. The van der Waals surface area contributed by atoms with Gasteiger partial charge in [-0.1, -0.05) is 19.1 Å². The van der Waals surface area contributed by atoms with Gasteiger partial charge in [-0.25, -0.2) is 4.98 Å².